The van der Waals surface area contributed by atoms with Gasteiger partial charge >= 0.3 is 6.09 Å². The van der Waals surface area contributed by atoms with Gasteiger partial charge in [-0.05, 0) is 0 Å². The number of aliphatic imine (C=N–C) groups is 1. The van der Waals surface area contributed by atoms with Crippen LogP contribution in [-0.4, -0.2) is 83.1 Å². The number of methoxy groups -OCH3 is 1. The SMILES string of the molecule is CO[C@@]12[C@H](COC(N)=O)C3=C(C(=O)C(CSC4=NCCS4)=C(N)C3=O)N1C[C@@H]1N[C@@H]12. The minimum Gasteiger partial charge on any atom is -0.449 e. The standard InChI is InChI=1S/C18H21N5O5S2/c1-27-18-8(5-28-16(20)26)10-12(23(18)4-9-15(18)22-9)13(24)7(11(19)14(10)25)6-30-17-21-2-3-29-17/h8-9,15,22H,2-6,19H2,1H3,(H2,20,26)/t8-,9+,15+,18-/m1/s1. The maximum Gasteiger partial charge on any atom is 0.404 e. The number of Topliss-reactive ketones (excluding diaryl/α,β-unsaturated/α-hetero) is 2. The summed E-state index contributed by atoms with van der Waals surface area (Å²) in [5, 5.41) is 3.32. The van der Waals surface area contributed by atoms with Crippen LogP contribution < -0.4 is 16.8 Å². The number of carbonyl (C=O) groups is 3. The van der Waals surface area contributed by atoms with E-state index in [2.05, 4.69) is 10.3 Å². The van der Waals surface area contributed by atoms with Crippen LogP contribution in [0, 0.1) is 5.92 Å². The number of rotatable bonds is 5. The molecule has 0 spiro atoms. The highest BCUT2D eigenvalue weighted by atomic mass is 32.2. The third-order valence-corrected chi connectivity index (χ3v) is 8.51. The number of thioether (sulfide) groups is 2. The summed E-state index contributed by atoms with van der Waals surface area (Å²) < 4.78 is 11.9. The molecule has 160 valence electrons. The Kier molecular flexibility index (Phi) is 4.65. The Hall–Kier alpha value is -2.02. The third kappa shape index (κ3) is 2.67. The van der Waals surface area contributed by atoms with Gasteiger partial charge in [-0.3, -0.25) is 14.6 Å². The maximum absolute atomic E-state index is 13.5. The Morgan fingerprint density at radius 1 is 1.43 bits per heavy atom. The van der Waals surface area contributed by atoms with E-state index in [4.69, 9.17) is 20.9 Å². The smallest absolute Gasteiger partial charge is 0.404 e. The normalized spacial score (nSPS) is 34.2. The van der Waals surface area contributed by atoms with Gasteiger partial charge in [0.25, 0.3) is 0 Å². The van der Waals surface area contributed by atoms with Gasteiger partial charge < -0.3 is 31.2 Å². The molecule has 0 saturated carbocycles. The van der Waals surface area contributed by atoms with Crippen molar-refractivity contribution in [2.75, 3.05) is 38.3 Å². The Labute approximate surface area is 180 Å². The van der Waals surface area contributed by atoms with Crippen LogP contribution in [0.4, 0.5) is 4.79 Å². The molecule has 0 aromatic heterocycles. The van der Waals surface area contributed by atoms with Crippen LogP contribution in [0.25, 0.3) is 0 Å². The molecule has 4 aliphatic heterocycles. The minimum atomic E-state index is -0.996. The fourth-order valence-electron chi connectivity index (χ4n) is 4.92. The maximum atomic E-state index is 13.5. The number of primary amides is 1. The van der Waals surface area contributed by atoms with Crippen molar-refractivity contribution in [3.8, 4) is 0 Å². The number of carbonyl (C=O) groups excluding carboxylic acids is 3. The molecule has 30 heavy (non-hydrogen) atoms. The number of hydrogen-bond acceptors (Lipinski definition) is 11. The van der Waals surface area contributed by atoms with Crippen molar-refractivity contribution in [2.24, 2.45) is 22.4 Å². The molecule has 5 N–H and O–H groups in total. The fraction of sp³-hybridized carbons (Fsp3) is 0.556. The molecule has 1 amide bonds. The van der Waals surface area contributed by atoms with E-state index in [1.807, 2.05) is 4.90 Å². The van der Waals surface area contributed by atoms with Crippen molar-refractivity contribution < 1.29 is 23.9 Å². The molecule has 0 radical (unpaired) electrons. The number of hydrogen-bond donors (Lipinski definition) is 3. The summed E-state index contributed by atoms with van der Waals surface area (Å²) in [6.07, 6.45) is -0.954. The first-order chi connectivity index (χ1) is 14.4. The van der Waals surface area contributed by atoms with Gasteiger partial charge in [-0.1, -0.05) is 23.5 Å². The van der Waals surface area contributed by atoms with Crippen molar-refractivity contribution in [1.29, 1.82) is 0 Å². The lowest BCUT2D eigenvalue weighted by atomic mass is 9.82. The highest BCUT2D eigenvalue weighted by Crippen LogP contribution is 2.55. The summed E-state index contributed by atoms with van der Waals surface area (Å²) in [6, 6.07) is 0.0572. The predicted molar refractivity (Wildman–Crippen MR) is 112 cm³/mol. The molecular weight excluding hydrogens is 430 g/mol. The van der Waals surface area contributed by atoms with Gasteiger partial charge in [0.1, 0.15) is 11.0 Å². The van der Waals surface area contributed by atoms with Crippen LogP contribution in [0.3, 0.4) is 0 Å². The molecule has 0 aromatic rings. The molecule has 4 atom stereocenters. The molecule has 0 unspecified atom stereocenters. The molecule has 5 aliphatic rings. The first-order valence-electron chi connectivity index (χ1n) is 9.53. The average Bonchev–Trinajstić information content (AvgIpc) is 3.08. The van der Waals surface area contributed by atoms with Gasteiger partial charge in [0, 0.05) is 42.3 Å². The number of ketones is 2. The number of amides is 1. The van der Waals surface area contributed by atoms with E-state index < -0.39 is 23.5 Å². The van der Waals surface area contributed by atoms with Crippen molar-refractivity contribution >= 4 is 45.6 Å². The van der Waals surface area contributed by atoms with E-state index in [0.29, 0.717) is 12.2 Å². The van der Waals surface area contributed by atoms with Gasteiger partial charge in [-0.15, -0.1) is 0 Å². The zero-order chi connectivity index (χ0) is 21.2. The van der Waals surface area contributed by atoms with Crippen molar-refractivity contribution in [2.45, 2.75) is 17.8 Å². The topological polar surface area (TPSA) is 159 Å². The fourth-order valence-corrected chi connectivity index (χ4v) is 6.96. The highest BCUT2D eigenvalue weighted by Gasteiger charge is 2.72. The zero-order valence-corrected chi connectivity index (χ0v) is 17.8. The van der Waals surface area contributed by atoms with Gasteiger partial charge in [0.2, 0.25) is 11.6 Å². The predicted octanol–water partition coefficient (Wildman–Crippen LogP) is -0.835. The van der Waals surface area contributed by atoms with Crippen LogP contribution in [-0.2, 0) is 19.1 Å². The van der Waals surface area contributed by atoms with Crippen molar-refractivity contribution in [3.63, 3.8) is 0 Å². The number of piperazine rings is 1. The van der Waals surface area contributed by atoms with Crippen LogP contribution in [0.5, 0.6) is 0 Å². The number of nitrogens with one attached hydrogen (secondary N) is 1. The third-order valence-electron chi connectivity index (χ3n) is 6.23. The van der Waals surface area contributed by atoms with E-state index in [9.17, 15) is 14.4 Å². The summed E-state index contributed by atoms with van der Waals surface area (Å²) in [4.78, 5) is 44.3. The van der Waals surface area contributed by atoms with Gasteiger partial charge in [-0.25, -0.2) is 4.79 Å². The lowest BCUT2D eigenvalue weighted by molar-refractivity contribution is -0.137. The monoisotopic (exact) mass is 451 g/mol. The van der Waals surface area contributed by atoms with E-state index in [1.54, 1.807) is 11.8 Å². The van der Waals surface area contributed by atoms with Crippen LogP contribution in [0.1, 0.15) is 0 Å². The Bertz CT molecular complexity index is 963. The Morgan fingerprint density at radius 2 is 2.23 bits per heavy atom. The van der Waals surface area contributed by atoms with Crippen molar-refractivity contribution in [1.82, 2.24) is 10.2 Å². The lowest BCUT2D eigenvalue weighted by Gasteiger charge is -2.39. The average molecular weight is 452 g/mol. The summed E-state index contributed by atoms with van der Waals surface area (Å²) in [6.45, 7) is 1.10. The number of ether oxygens (including phenoxy) is 2. The Morgan fingerprint density at radius 3 is 2.90 bits per heavy atom. The highest BCUT2D eigenvalue weighted by molar-refractivity contribution is 8.39. The number of nitrogens with two attached hydrogens (primary N) is 2. The molecule has 2 saturated heterocycles. The first kappa shape index (κ1) is 19.9. The summed E-state index contributed by atoms with van der Waals surface area (Å²) in [5.41, 5.74) is 11.1. The van der Waals surface area contributed by atoms with E-state index >= 15 is 0 Å². The van der Waals surface area contributed by atoms with Gasteiger partial charge in [0.05, 0.1) is 29.9 Å². The molecule has 10 nitrogen and oxygen atoms in total. The quantitative estimate of drug-likeness (QED) is 0.355. The van der Waals surface area contributed by atoms with Crippen molar-refractivity contribution in [3.05, 3.63) is 22.5 Å². The molecule has 2 fully saturated rings. The largest absolute Gasteiger partial charge is 0.449 e. The number of fused-ring (bicyclic) bond motifs is 4. The molecule has 12 heteroatoms. The first-order valence-corrected chi connectivity index (χ1v) is 11.5. The molecule has 0 aromatic carbocycles. The van der Waals surface area contributed by atoms with E-state index in [0.717, 1.165) is 16.7 Å². The molecule has 0 bridgehead atoms. The van der Waals surface area contributed by atoms with Crippen LogP contribution in [0.2, 0.25) is 0 Å². The molecular formula is C18H21N5O5S2. The second-order valence-electron chi connectivity index (χ2n) is 7.60. The lowest BCUT2D eigenvalue weighted by Crippen LogP contribution is -2.55. The number of allylic oxidation sites excluding steroid dienone is 2. The van der Waals surface area contributed by atoms with Crippen LogP contribution >= 0.6 is 23.5 Å². The summed E-state index contributed by atoms with van der Waals surface area (Å²) >= 11 is 3.05. The van der Waals surface area contributed by atoms with Gasteiger partial charge in [-0.2, -0.15) is 0 Å². The molecule has 5 rings (SSSR count). The molecule has 1 aliphatic carbocycles. The summed E-state index contributed by atoms with van der Waals surface area (Å²) in [5.74, 6) is -0.167. The second kappa shape index (κ2) is 7.01. The van der Waals surface area contributed by atoms with Gasteiger partial charge in [0.15, 0.2) is 5.72 Å². The van der Waals surface area contributed by atoms with Crippen LogP contribution in [0.15, 0.2) is 27.5 Å². The summed E-state index contributed by atoms with van der Waals surface area (Å²) in [7, 11) is 1.53. The Balaban J connectivity index is 1.51. The molecule has 4 heterocycles. The second-order valence-corrected chi connectivity index (χ2v) is 9.90. The zero-order valence-electron chi connectivity index (χ0n) is 16.2. The van der Waals surface area contributed by atoms with E-state index in [-0.39, 0.29) is 47.1 Å². The number of nitrogens with zero attached hydrogens (tertiary/aromatic N) is 2. The minimum absolute atomic E-state index is 0.0633. The van der Waals surface area contributed by atoms with E-state index in [1.165, 1.54) is 18.9 Å².